The molecule has 3 aliphatic heterocycles. The fourth-order valence-electron chi connectivity index (χ4n) is 4.93. The average Bonchev–Trinajstić information content (AvgIpc) is 3.30. The van der Waals surface area contributed by atoms with E-state index in [0.29, 0.717) is 61.2 Å². The molecule has 0 radical (unpaired) electrons. The number of cyclic esters (lactones) is 1. The number of rotatable bonds is 1. The highest BCUT2D eigenvalue weighted by atomic mass is 16.7. The second-order valence-corrected chi connectivity index (χ2v) is 9.39. The lowest BCUT2D eigenvalue weighted by molar-refractivity contribution is -0.135. The summed E-state index contributed by atoms with van der Waals surface area (Å²) in [6, 6.07) is 6.95. The number of phenolic OH excluding ortho intramolecular Hbond substituents is 1. The summed E-state index contributed by atoms with van der Waals surface area (Å²) in [6.45, 7) is 1.89. The minimum Gasteiger partial charge on any atom is -0.507 e. The number of carbonyl (C=O) groups excluding carboxylic acids is 3. The molecular weight excluding hydrogens is 464 g/mol. The first-order valence-corrected chi connectivity index (χ1v) is 12.3. The summed E-state index contributed by atoms with van der Waals surface area (Å²) in [5.41, 5.74) is 1.52. The fourth-order valence-corrected chi connectivity index (χ4v) is 4.93. The standard InChI is InChI=1S/C28H28O8/c1-16-6-5-9-19(29)8-4-2-3-7-18-13-23-26(27(31)25(18)28(32)35-16)20(14-24(30)36-23)17-10-11-21-22(12-17)34-15-33-21/h3,7,10-13,16,20,31H,2,4-6,8-9,14-15H2,1H3/b7-3+/t16-,20-/m0/s1. The van der Waals surface area contributed by atoms with Crippen LogP contribution in [0.2, 0.25) is 0 Å². The first-order valence-electron chi connectivity index (χ1n) is 12.3. The van der Waals surface area contributed by atoms with E-state index in [1.807, 2.05) is 12.1 Å². The monoisotopic (exact) mass is 492 g/mol. The minimum atomic E-state index is -0.660. The Hall–Kier alpha value is -3.81. The van der Waals surface area contributed by atoms with Gasteiger partial charge in [-0.05, 0) is 61.9 Å². The minimum absolute atomic E-state index is 0.00565. The summed E-state index contributed by atoms with van der Waals surface area (Å²) < 4.78 is 22.1. The van der Waals surface area contributed by atoms with E-state index in [0.717, 1.165) is 5.56 Å². The summed E-state index contributed by atoms with van der Waals surface area (Å²) >= 11 is 0. The molecule has 3 aliphatic rings. The number of ketones is 1. The van der Waals surface area contributed by atoms with Crippen LogP contribution < -0.4 is 14.2 Å². The molecule has 0 fully saturated rings. The van der Waals surface area contributed by atoms with Crippen molar-refractivity contribution in [3.05, 3.63) is 52.6 Å². The molecule has 1 N–H and O–H groups in total. The van der Waals surface area contributed by atoms with Crippen LogP contribution in [0.3, 0.4) is 0 Å². The van der Waals surface area contributed by atoms with E-state index in [9.17, 15) is 19.5 Å². The molecule has 36 heavy (non-hydrogen) atoms. The van der Waals surface area contributed by atoms with Crippen LogP contribution in [0.1, 0.15) is 84.8 Å². The second kappa shape index (κ2) is 10.0. The topological polar surface area (TPSA) is 108 Å². The summed E-state index contributed by atoms with van der Waals surface area (Å²) in [5, 5.41) is 11.5. The Labute approximate surface area is 208 Å². The lowest BCUT2D eigenvalue weighted by atomic mass is 9.83. The van der Waals surface area contributed by atoms with E-state index in [-0.39, 0.29) is 36.1 Å². The fraction of sp³-hybridized carbons (Fsp3) is 0.393. The molecule has 0 saturated heterocycles. The summed E-state index contributed by atoms with van der Waals surface area (Å²) in [5.74, 6) is -0.345. The largest absolute Gasteiger partial charge is 0.507 e. The predicted molar refractivity (Wildman–Crippen MR) is 129 cm³/mol. The van der Waals surface area contributed by atoms with Gasteiger partial charge >= 0.3 is 11.9 Å². The van der Waals surface area contributed by atoms with E-state index in [1.165, 1.54) is 0 Å². The van der Waals surface area contributed by atoms with Crippen molar-refractivity contribution in [1.29, 1.82) is 0 Å². The highest BCUT2D eigenvalue weighted by Crippen LogP contribution is 2.48. The Morgan fingerprint density at radius 1 is 0.972 bits per heavy atom. The van der Waals surface area contributed by atoms with Crippen LogP contribution in [0.15, 0.2) is 30.3 Å². The van der Waals surface area contributed by atoms with E-state index in [2.05, 4.69) is 0 Å². The summed E-state index contributed by atoms with van der Waals surface area (Å²) in [4.78, 5) is 37.9. The van der Waals surface area contributed by atoms with Crippen molar-refractivity contribution in [2.75, 3.05) is 6.79 Å². The molecule has 2 atom stereocenters. The van der Waals surface area contributed by atoms with Gasteiger partial charge in [0, 0.05) is 24.3 Å². The average molecular weight is 493 g/mol. The Kier molecular flexibility index (Phi) is 6.67. The third-order valence-electron chi connectivity index (χ3n) is 6.78. The molecule has 2 aromatic carbocycles. The maximum Gasteiger partial charge on any atom is 0.342 e. The van der Waals surface area contributed by atoms with E-state index in [4.69, 9.17) is 18.9 Å². The van der Waals surface area contributed by atoms with Crippen molar-refractivity contribution in [3.63, 3.8) is 0 Å². The molecule has 8 nitrogen and oxygen atoms in total. The van der Waals surface area contributed by atoms with Gasteiger partial charge in [-0.2, -0.15) is 0 Å². The van der Waals surface area contributed by atoms with Crippen LogP contribution in [0.4, 0.5) is 0 Å². The number of Topliss-reactive ketones (excluding diaryl/α,β-unsaturated/α-hetero) is 1. The number of hydrogen-bond donors (Lipinski definition) is 1. The normalized spacial score (nSPS) is 23.1. The van der Waals surface area contributed by atoms with Gasteiger partial charge in [0.1, 0.15) is 22.8 Å². The van der Waals surface area contributed by atoms with Gasteiger partial charge in [-0.15, -0.1) is 0 Å². The quantitative estimate of drug-likeness (QED) is 0.436. The molecule has 0 unspecified atom stereocenters. The summed E-state index contributed by atoms with van der Waals surface area (Å²) in [6.07, 6.45) is 6.59. The van der Waals surface area contributed by atoms with E-state index >= 15 is 0 Å². The van der Waals surface area contributed by atoms with Crippen LogP contribution in [-0.2, 0) is 14.3 Å². The zero-order valence-corrected chi connectivity index (χ0v) is 20.1. The zero-order chi connectivity index (χ0) is 25.2. The summed E-state index contributed by atoms with van der Waals surface area (Å²) in [7, 11) is 0. The molecule has 3 heterocycles. The first kappa shape index (κ1) is 23.9. The molecule has 0 aliphatic carbocycles. The van der Waals surface area contributed by atoms with Gasteiger partial charge < -0.3 is 24.1 Å². The number of aromatic hydroxyl groups is 1. The maximum absolute atomic E-state index is 13.3. The Morgan fingerprint density at radius 2 is 1.78 bits per heavy atom. The van der Waals surface area contributed by atoms with Gasteiger partial charge in [-0.3, -0.25) is 9.59 Å². The van der Waals surface area contributed by atoms with Gasteiger partial charge in [-0.25, -0.2) is 4.79 Å². The molecular formula is C28H28O8. The van der Waals surface area contributed by atoms with Crippen LogP contribution in [-0.4, -0.2) is 35.7 Å². The Balaban J connectivity index is 1.59. The number of benzene rings is 2. The van der Waals surface area contributed by atoms with E-state index < -0.39 is 24.0 Å². The molecule has 0 aromatic heterocycles. The van der Waals surface area contributed by atoms with Crippen molar-refractivity contribution in [1.82, 2.24) is 0 Å². The van der Waals surface area contributed by atoms with Crippen molar-refractivity contribution in [3.8, 4) is 23.0 Å². The number of allylic oxidation sites excluding steroid dienone is 1. The van der Waals surface area contributed by atoms with Gasteiger partial charge in [-0.1, -0.05) is 18.2 Å². The van der Waals surface area contributed by atoms with Crippen molar-refractivity contribution in [2.45, 2.75) is 63.9 Å². The molecule has 8 heteroatoms. The lowest BCUT2D eigenvalue weighted by Gasteiger charge is -2.27. The third-order valence-corrected chi connectivity index (χ3v) is 6.78. The number of hydrogen-bond acceptors (Lipinski definition) is 8. The number of carbonyl (C=O) groups is 3. The second-order valence-electron chi connectivity index (χ2n) is 9.39. The SMILES string of the molecule is C[C@H]1CCCC(=O)CCC/C=C/c2cc3c(c(O)c2C(=O)O1)[C@H](c1ccc2c(c1)OCO2)CC(=O)O3. The molecule has 188 valence electrons. The van der Waals surface area contributed by atoms with Crippen molar-refractivity contribution < 1.29 is 38.4 Å². The van der Waals surface area contributed by atoms with E-state index in [1.54, 1.807) is 31.2 Å². The van der Waals surface area contributed by atoms with Gasteiger partial charge in [0.15, 0.2) is 11.5 Å². The third kappa shape index (κ3) is 4.80. The maximum atomic E-state index is 13.3. The van der Waals surface area contributed by atoms with Crippen molar-refractivity contribution in [2.24, 2.45) is 0 Å². The molecule has 0 spiro atoms. The van der Waals surface area contributed by atoms with Crippen molar-refractivity contribution >= 4 is 23.8 Å². The smallest absolute Gasteiger partial charge is 0.342 e. The van der Waals surface area contributed by atoms with Gasteiger partial charge in [0.25, 0.3) is 0 Å². The molecule has 0 amide bonds. The van der Waals surface area contributed by atoms with Gasteiger partial charge in [0.2, 0.25) is 6.79 Å². The van der Waals surface area contributed by atoms with Crippen LogP contribution >= 0.6 is 0 Å². The number of ether oxygens (including phenoxy) is 4. The number of esters is 2. The molecule has 2 aromatic rings. The Morgan fingerprint density at radius 3 is 2.64 bits per heavy atom. The number of fused-ring (bicyclic) bond motifs is 3. The molecule has 0 bridgehead atoms. The highest BCUT2D eigenvalue weighted by Gasteiger charge is 2.36. The lowest BCUT2D eigenvalue weighted by Crippen LogP contribution is -2.23. The number of phenols is 1. The molecule has 0 saturated carbocycles. The van der Waals surface area contributed by atoms with Gasteiger partial charge in [0.05, 0.1) is 12.5 Å². The van der Waals surface area contributed by atoms with Crippen LogP contribution in [0.25, 0.3) is 6.08 Å². The van der Waals surface area contributed by atoms with Crippen LogP contribution in [0.5, 0.6) is 23.0 Å². The Bertz CT molecular complexity index is 1240. The zero-order valence-electron chi connectivity index (χ0n) is 20.1. The first-order chi connectivity index (χ1) is 17.4. The molecule has 5 rings (SSSR count). The van der Waals surface area contributed by atoms with Crippen LogP contribution in [0, 0.1) is 0 Å². The highest BCUT2D eigenvalue weighted by molar-refractivity contribution is 5.98. The predicted octanol–water partition coefficient (Wildman–Crippen LogP) is 5.04.